The lowest BCUT2D eigenvalue weighted by Gasteiger charge is -2.44. The Morgan fingerprint density at radius 1 is 1.09 bits per heavy atom. The zero-order chi connectivity index (χ0) is 31.4. The number of rotatable bonds is 8. The van der Waals surface area contributed by atoms with Crippen molar-refractivity contribution in [3.8, 4) is 0 Å². The third-order valence-corrected chi connectivity index (χ3v) is 10.5. The van der Waals surface area contributed by atoms with Crippen LogP contribution in [0.15, 0.2) is 34.3 Å². The molecule has 0 bridgehead atoms. The molecule has 1 aromatic carbocycles. The molecule has 0 saturated heterocycles. The molecule has 3 aliphatic carbocycles. The molecule has 234 valence electrons. The highest BCUT2D eigenvalue weighted by Gasteiger charge is 2.62. The number of alkyl halides is 4. The Kier molecular flexibility index (Phi) is 8.33. The number of amides is 1. The number of Topliss-reactive ketones (excluding diaryl/α,β-unsaturated/α-hetero) is 1. The van der Waals surface area contributed by atoms with Gasteiger partial charge in [-0.25, -0.2) is 4.39 Å². The number of aliphatic carboxylic acids is 1. The second-order valence-corrected chi connectivity index (χ2v) is 14.0. The molecule has 6 nitrogen and oxygen atoms in total. The van der Waals surface area contributed by atoms with Crippen LogP contribution in [0, 0.1) is 29.6 Å². The van der Waals surface area contributed by atoms with E-state index in [-0.39, 0.29) is 41.3 Å². The lowest BCUT2D eigenvalue weighted by Crippen LogP contribution is -2.53. The van der Waals surface area contributed by atoms with Crippen LogP contribution in [0.5, 0.6) is 0 Å². The van der Waals surface area contributed by atoms with Gasteiger partial charge < -0.3 is 10.0 Å². The van der Waals surface area contributed by atoms with Gasteiger partial charge in [0.25, 0.3) is 5.91 Å². The van der Waals surface area contributed by atoms with Gasteiger partial charge in [0.15, 0.2) is 5.78 Å². The van der Waals surface area contributed by atoms with Crippen molar-refractivity contribution in [1.82, 2.24) is 4.90 Å². The van der Waals surface area contributed by atoms with Gasteiger partial charge in [0, 0.05) is 23.9 Å². The average Bonchev–Trinajstić information content (AvgIpc) is 3.70. The number of aryl methyl sites for hydroxylation is 1. The average molecular weight is 625 g/mol. The van der Waals surface area contributed by atoms with Crippen molar-refractivity contribution < 1.29 is 37.1 Å². The summed E-state index contributed by atoms with van der Waals surface area (Å²) < 4.78 is 59.6. The van der Waals surface area contributed by atoms with Crippen molar-refractivity contribution >= 4 is 35.5 Å². The van der Waals surface area contributed by atoms with E-state index in [0.29, 0.717) is 31.2 Å². The number of halogens is 5. The summed E-state index contributed by atoms with van der Waals surface area (Å²) in [7, 11) is 0. The Morgan fingerprint density at radius 3 is 2.30 bits per heavy atom. The first kappa shape index (κ1) is 31.7. The first-order chi connectivity index (χ1) is 20.0. The van der Waals surface area contributed by atoms with E-state index in [1.807, 2.05) is 0 Å². The van der Waals surface area contributed by atoms with Crippen LogP contribution in [0.4, 0.5) is 17.6 Å². The third kappa shape index (κ3) is 6.54. The summed E-state index contributed by atoms with van der Waals surface area (Å²) in [6, 6.07) is 4.84. The highest BCUT2D eigenvalue weighted by molar-refractivity contribution is 6.34. The molecular formula is C32H37ClF4N2O4. The molecule has 5 rings (SSSR count). The van der Waals surface area contributed by atoms with Crippen LogP contribution in [0.2, 0.25) is 5.02 Å². The number of aliphatic imine (C=N–C) groups is 1. The maximum absolute atomic E-state index is 15.8. The molecule has 43 heavy (non-hydrogen) atoms. The number of hydrogen-bond acceptors (Lipinski definition) is 4. The van der Waals surface area contributed by atoms with Crippen LogP contribution in [-0.4, -0.2) is 65.4 Å². The Morgan fingerprint density at radius 2 is 1.74 bits per heavy atom. The van der Waals surface area contributed by atoms with Gasteiger partial charge in [-0.2, -0.15) is 13.2 Å². The number of allylic oxidation sites excluding steroid dienone is 1. The van der Waals surface area contributed by atoms with Gasteiger partial charge in [0.05, 0.1) is 29.1 Å². The molecule has 3 fully saturated rings. The maximum Gasteiger partial charge on any atom is 0.413 e. The minimum absolute atomic E-state index is 0.0537. The molecule has 1 N–H and O–H groups in total. The Balaban J connectivity index is 1.43. The molecule has 1 atom stereocenters. The lowest BCUT2D eigenvalue weighted by molar-refractivity contribution is -0.150. The van der Waals surface area contributed by atoms with Crippen molar-refractivity contribution in [2.24, 2.45) is 27.7 Å². The number of hydrogen-bond donors (Lipinski definition) is 1. The number of nitrogens with zero attached hydrogens (tertiary/aromatic N) is 2. The van der Waals surface area contributed by atoms with Gasteiger partial charge in [-0.3, -0.25) is 19.4 Å². The molecule has 1 unspecified atom stereocenters. The molecule has 0 aromatic heterocycles. The second kappa shape index (κ2) is 11.3. The quantitative estimate of drug-likeness (QED) is 0.245. The van der Waals surface area contributed by atoms with Gasteiger partial charge in [-0.05, 0) is 101 Å². The largest absolute Gasteiger partial charge is 0.481 e. The number of ketones is 1. The van der Waals surface area contributed by atoms with Crippen molar-refractivity contribution in [3.05, 3.63) is 45.5 Å². The van der Waals surface area contributed by atoms with Crippen LogP contribution in [-0.2, 0) is 9.59 Å². The van der Waals surface area contributed by atoms with Crippen LogP contribution >= 0.6 is 11.6 Å². The Hall–Kier alpha value is -2.75. The van der Waals surface area contributed by atoms with Crippen molar-refractivity contribution in [1.29, 1.82) is 0 Å². The fraction of sp³-hybridized carbons (Fsp3) is 0.625. The fourth-order valence-electron chi connectivity index (χ4n) is 7.41. The monoisotopic (exact) mass is 624 g/mol. The molecule has 1 aliphatic heterocycles. The van der Waals surface area contributed by atoms with Gasteiger partial charge >= 0.3 is 12.1 Å². The van der Waals surface area contributed by atoms with Gasteiger partial charge in [0.1, 0.15) is 5.67 Å². The molecular weight excluding hydrogens is 588 g/mol. The van der Waals surface area contributed by atoms with Crippen molar-refractivity contribution in [2.75, 3.05) is 19.6 Å². The lowest BCUT2D eigenvalue weighted by atomic mass is 9.67. The highest BCUT2D eigenvalue weighted by Crippen LogP contribution is 2.66. The number of carbonyl (C=O) groups is 3. The van der Waals surface area contributed by atoms with Gasteiger partial charge in [0.2, 0.25) is 0 Å². The number of carboxylic acids is 1. The van der Waals surface area contributed by atoms with Gasteiger partial charge in [-0.1, -0.05) is 23.7 Å². The summed E-state index contributed by atoms with van der Waals surface area (Å²) >= 11 is 6.27. The predicted octanol–water partition coefficient (Wildman–Crippen LogP) is 7.17. The van der Waals surface area contributed by atoms with Crippen LogP contribution in [0.25, 0.3) is 0 Å². The van der Waals surface area contributed by atoms with Crippen molar-refractivity contribution in [2.45, 2.75) is 83.5 Å². The summed E-state index contributed by atoms with van der Waals surface area (Å²) in [5, 5.41) is 9.70. The van der Waals surface area contributed by atoms with E-state index in [9.17, 15) is 32.7 Å². The zero-order valence-corrected chi connectivity index (χ0v) is 25.2. The molecule has 1 amide bonds. The summed E-state index contributed by atoms with van der Waals surface area (Å²) in [5.74, 6) is -3.30. The molecule has 11 heteroatoms. The van der Waals surface area contributed by atoms with E-state index in [1.165, 1.54) is 6.07 Å². The van der Waals surface area contributed by atoms with E-state index in [0.717, 1.165) is 24.0 Å². The van der Waals surface area contributed by atoms with Gasteiger partial charge in [-0.15, -0.1) is 0 Å². The van der Waals surface area contributed by atoms with E-state index in [2.05, 4.69) is 4.99 Å². The fourth-order valence-corrected chi connectivity index (χ4v) is 7.74. The minimum Gasteiger partial charge on any atom is -0.481 e. The third-order valence-electron chi connectivity index (χ3n) is 10.2. The standard InChI is InChI=1S/C32H37ClF4N2O4/c1-19-4-3-5-24(33)26(19)25(40)15-39(18-31(34)16-30(17-31)10-11-30)27(41)22-14-38-13-21(12-23(22)32(35,36)37)20-6-8-29(2,9-7-20)28(42)43/h3-5,14,20-21H,6-13,15-18H2,1-2H3,(H,42,43). The summed E-state index contributed by atoms with van der Waals surface area (Å²) in [4.78, 5) is 44.2. The van der Waals surface area contributed by atoms with Crippen molar-refractivity contribution in [3.63, 3.8) is 0 Å². The first-order valence-electron chi connectivity index (χ1n) is 14.8. The predicted molar refractivity (Wildman–Crippen MR) is 154 cm³/mol. The van der Waals surface area contributed by atoms with Crippen LogP contribution in [0.3, 0.4) is 0 Å². The summed E-state index contributed by atoms with van der Waals surface area (Å²) in [6.07, 6.45) is -0.617. The summed E-state index contributed by atoms with van der Waals surface area (Å²) in [6.45, 7) is 2.25. The van der Waals surface area contributed by atoms with E-state index in [4.69, 9.17) is 11.6 Å². The number of carbonyl (C=O) groups excluding carboxylic acids is 2. The Bertz CT molecular complexity index is 1350. The molecule has 0 radical (unpaired) electrons. The number of carboxylic acid groups (broad SMARTS) is 1. The zero-order valence-electron chi connectivity index (χ0n) is 24.4. The normalized spacial score (nSPS) is 27.8. The van der Waals surface area contributed by atoms with E-state index < -0.39 is 71.5 Å². The molecule has 3 saturated carbocycles. The second-order valence-electron chi connectivity index (χ2n) is 13.6. The highest BCUT2D eigenvalue weighted by atomic mass is 35.5. The van der Waals surface area contributed by atoms with Crippen LogP contribution < -0.4 is 0 Å². The first-order valence-corrected chi connectivity index (χ1v) is 15.2. The number of benzene rings is 1. The molecule has 4 aliphatic rings. The smallest absolute Gasteiger partial charge is 0.413 e. The van der Waals surface area contributed by atoms with Crippen LogP contribution in [0.1, 0.15) is 80.6 Å². The SMILES string of the molecule is Cc1cccc(Cl)c1C(=O)CN(CC1(F)CC2(CC2)C1)C(=O)C1=C(C(F)(F)F)CC(C2CCC(C)(C(=O)O)CC2)CN=C1. The summed E-state index contributed by atoms with van der Waals surface area (Å²) in [5.41, 5.74) is -3.81. The maximum atomic E-state index is 15.8. The molecule has 1 spiro atoms. The minimum atomic E-state index is -4.86. The molecule has 1 aromatic rings. The Labute approximate surface area is 253 Å². The molecule has 1 heterocycles. The van der Waals surface area contributed by atoms with E-state index >= 15 is 4.39 Å². The topological polar surface area (TPSA) is 87.0 Å². The van der Waals surface area contributed by atoms with E-state index in [1.54, 1.807) is 26.0 Å².